The molecule has 3 N–H and O–H groups in total. The first-order valence-corrected chi connectivity index (χ1v) is 9.55. The highest BCUT2D eigenvalue weighted by Crippen LogP contribution is 2.25. The van der Waals surface area contributed by atoms with E-state index in [4.69, 9.17) is 5.73 Å². The van der Waals surface area contributed by atoms with Gasteiger partial charge >= 0.3 is 11.8 Å². The number of hydrogen-bond acceptors (Lipinski definition) is 3. The number of nitrogens with two attached hydrogens (primary N) is 1. The van der Waals surface area contributed by atoms with Crippen molar-refractivity contribution in [2.24, 2.45) is 5.73 Å². The van der Waals surface area contributed by atoms with E-state index in [9.17, 15) is 9.59 Å². The lowest BCUT2D eigenvalue weighted by molar-refractivity contribution is -0.146. The van der Waals surface area contributed by atoms with Crippen molar-refractivity contribution >= 4 is 11.8 Å². The third-order valence-corrected chi connectivity index (χ3v) is 5.19. The Kier molecular flexibility index (Phi) is 6.60. The summed E-state index contributed by atoms with van der Waals surface area (Å²) < 4.78 is 0. The normalized spacial score (nSPS) is 19.4. The molecule has 0 saturated heterocycles. The minimum Gasteiger partial charge on any atom is -0.361 e. The summed E-state index contributed by atoms with van der Waals surface area (Å²) >= 11 is 0. The molecule has 5 nitrogen and oxygen atoms in total. The molecule has 1 saturated carbocycles. The third kappa shape index (κ3) is 5.41. The van der Waals surface area contributed by atoms with Gasteiger partial charge in [0.1, 0.15) is 0 Å². The summed E-state index contributed by atoms with van der Waals surface area (Å²) in [5.41, 5.74) is 7.57. The first-order valence-electron chi connectivity index (χ1n) is 9.55. The van der Waals surface area contributed by atoms with Crippen LogP contribution in [0, 0.1) is 0 Å². The molecule has 2 unspecified atom stereocenters. The van der Waals surface area contributed by atoms with Gasteiger partial charge in [0.25, 0.3) is 0 Å². The Hall–Kier alpha value is -2.66. The SMILES string of the molecule is NC(=O)C(=O)N(Cc1ccccc1)C1CCCC(NCc2ccccc2)C1. The lowest BCUT2D eigenvalue weighted by Crippen LogP contribution is -2.50. The van der Waals surface area contributed by atoms with Crippen molar-refractivity contribution in [2.75, 3.05) is 0 Å². The summed E-state index contributed by atoms with van der Waals surface area (Å²) in [5.74, 6) is -1.47. The Morgan fingerprint density at radius 1 is 0.963 bits per heavy atom. The number of nitrogens with one attached hydrogen (secondary N) is 1. The molecule has 2 aromatic rings. The van der Waals surface area contributed by atoms with Crippen LogP contribution in [0.15, 0.2) is 60.7 Å². The fourth-order valence-corrected chi connectivity index (χ4v) is 3.78. The zero-order valence-electron chi connectivity index (χ0n) is 15.5. The Morgan fingerprint density at radius 3 is 2.22 bits per heavy atom. The van der Waals surface area contributed by atoms with Crippen LogP contribution in [-0.4, -0.2) is 28.8 Å². The number of rotatable bonds is 6. The first kappa shape index (κ1) is 19.1. The van der Waals surface area contributed by atoms with Crippen LogP contribution in [-0.2, 0) is 22.7 Å². The van der Waals surface area contributed by atoms with Gasteiger partial charge in [-0.1, -0.05) is 60.7 Å². The van der Waals surface area contributed by atoms with E-state index < -0.39 is 11.8 Å². The van der Waals surface area contributed by atoms with Crippen molar-refractivity contribution in [1.82, 2.24) is 10.2 Å². The maximum Gasteiger partial charge on any atom is 0.312 e. The Bertz CT molecular complexity index is 749. The van der Waals surface area contributed by atoms with Crippen molar-refractivity contribution in [3.8, 4) is 0 Å². The first-order chi connectivity index (χ1) is 13.1. The van der Waals surface area contributed by atoms with Gasteiger partial charge in [0, 0.05) is 25.2 Å². The number of benzene rings is 2. The number of carbonyl (C=O) groups excluding carboxylic acids is 2. The van der Waals surface area contributed by atoms with Gasteiger partial charge in [-0.2, -0.15) is 0 Å². The average Bonchev–Trinajstić information content (AvgIpc) is 2.71. The van der Waals surface area contributed by atoms with Crippen molar-refractivity contribution in [2.45, 2.75) is 50.9 Å². The summed E-state index contributed by atoms with van der Waals surface area (Å²) in [6.45, 7) is 1.22. The third-order valence-electron chi connectivity index (χ3n) is 5.19. The van der Waals surface area contributed by atoms with Gasteiger partial charge in [-0.3, -0.25) is 9.59 Å². The molecule has 1 aliphatic carbocycles. The smallest absolute Gasteiger partial charge is 0.312 e. The molecule has 1 fully saturated rings. The molecule has 2 atom stereocenters. The topological polar surface area (TPSA) is 75.4 Å². The quantitative estimate of drug-likeness (QED) is 0.773. The molecule has 0 radical (unpaired) electrons. The van der Waals surface area contributed by atoms with Gasteiger partial charge in [-0.15, -0.1) is 0 Å². The molecule has 1 aliphatic rings. The van der Waals surface area contributed by atoms with Crippen LogP contribution in [0.2, 0.25) is 0 Å². The lowest BCUT2D eigenvalue weighted by Gasteiger charge is -2.37. The Morgan fingerprint density at radius 2 is 1.59 bits per heavy atom. The number of nitrogens with zero attached hydrogens (tertiary/aromatic N) is 1. The van der Waals surface area contributed by atoms with Crippen LogP contribution in [0.4, 0.5) is 0 Å². The maximum atomic E-state index is 12.5. The molecule has 0 aromatic heterocycles. The molecule has 2 aromatic carbocycles. The second-order valence-corrected chi connectivity index (χ2v) is 7.17. The molecular weight excluding hydrogens is 338 g/mol. The second kappa shape index (κ2) is 9.33. The summed E-state index contributed by atoms with van der Waals surface area (Å²) in [4.78, 5) is 25.7. The minimum atomic E-state index is -0.884. The van der Waals surface area contributed by atoms with Crippen LogP contribution in [0.1, 0.15) is 36.8 Å². The summed E-state index contributed by atoms with van der Waals surface area (Å²) in [7, 11) is 0. The van der Waals surface area contributed by atoms with Gasteiger partial charge in [0.2, 0.25) is 0 Å². The molecule has 2 amide bonds. The summed E-state index contributed by atoms with van der Waals surface area (Å²) in [6.07, 6.45) is 3.83. The average molecular weight is 365 g/mol. The maximum absolute atomic E-state index is 12.5. The number of primary amides is 1. The van der Waals surface area contributed by atoms with Gasteiger partial charge < -0.3 is 16.0 Å². The molecule has 142 valence electrons. The van der Waals surface area contributed by atoms with Gasteiger partial charge in [-0.25, -0.2) is 0 Å². The van der Waals surface area contributed by atoms with Crippen LogP contribution in [0.3, 0.4) is 0 Å². The van der Waals surface area contributed by atoms with Gasteiger partial charge in [0.05, 0.1) is 0 Å². The van der Waals surface area contributed by atoms with Gasteiger partial charge in [-0.05, 0) is 36.8 Å². The van der Waals surface area contributed by atoms with Crippen molar-refractivity contribution in [3.63, 3.8) is 0 Å². The molecule has 5 heteroatoms. The van der Waals surface area contributed by atoms with E-state index in [1.54, 1.807) is 4.90 Å². The predicted molar refractivity (Wildman–Crippen MR) is 106 cm³/mol. The molecule has 0 bridgehead atoms. The molecule has 0 heterocycles. The van der Waals surface area contributed by atoms with E-state index in [-0.39, 0.29) is 6.04 Å². The number of amides is 2. The van der Waals surface area contributed by atoms with E-state index in [0.29, 0.717) is 12.6 Å². The highest BCUT2D eigenvalue weighted by molar-refractivity contribution is 6.34. The second-order valence-electron chi connectivity index (χ2n) is 7.17. The van der Waals surface area contributed by atoms with Crippen LogP contribution in [0.25, 0.3) is 0 Å². The minimum absolute atomic E-state index is 0.0206. The lowest BCUT2D eigenvalue weighted by atomic mass is 9.89. The molecule has 27 heavy (non-hydrogen) atoms. The van der Waals surface area contributed by atoms with E-state index in [2.05, 4.69) is 17.4 Å². The van der Waals surface area contributed by atoms with Crippen molar-refractivity contribution in [3.05, 3.63) is 71.8 Å². The van der Waals surface area contributed by atoms with Crippen LogP contribution in [0.5, 0.6) is 0 Å². The number of hydrogen-bond donors (Lipinski definition) is 2. The largest absolute Gasteiger partial charge is 0.361 e. The highest BCUT2D eigenvalue weighted by atomic mass is 16.2. The molecular formula is C22H27N3O2. The van der Waals surface area contributed by atoms with Crippen LogP contribution < -0.4 is 11.1 Å². The fraction of sp³-hybridized carbons (Fsp3) is 0.364. The van der Waals surface area contributed by atoms with E-state index in [1.165, 1.54) is 5.56 Å². The monoisotopic (exact) mass is 365 g/mol. The molecule has 3 rings (SSSR count). The zero-order chi connectivity index (χ0) is 19.1. The van der Waals surface area contributed by atoms with Crippen LogP contribution >= 0.6 is 0 Å². The van der Waals surface area contributed by atoms with E-state index in [1.807, 2.05) is 48.5 Å². The number of carbonyl (C=O) groups is 2. The highest BCUT2D eigenvalue weighted by Gasteiger charge is 2.31. The Labute approximate surface area is 160 Å². The summed E-state index contributed by atoms with van der Waals surface area (Å²) in [5, 5.41) is 3.60. The van der Waals surface area contributed by atoms with Gasteiger partial charge in [0.15, 0.2) is 0 Å². The zero-order valence-corrected chi connectivity index (χ0v) is 15.5. The standard InChI is InChI=1S/C22H27N3O2/c23-21(26)22(27)25(16-18-10-5-2-6-11-18)20-13-7-12-19(14-20)24-15-17-8-3-1-4-9-17/h1-6,8-11,19-20,24H,7,12-16H2,(H2,23,26). The van der Waals surface area contributed by atoms with E-state index >= 15 is 0 Å². The molecule has 0 spiro atoms. The predicted octanol–water partition coefficient (Wildman–Crippen LogP) is 2.60. The summed E-state index contributed by atoms with van der Waals surface area (Å²) in [6, 6.07) is 20.4. The fourth-order valence-electron chi connectivity index (χ4n) is 3.78. The van der Waals surface area contributed by atoms with E-state index in [0.717, 1.165) is 37.8 Å². The molecule has 0 aliphatic heterocycles. The Balaban J connectivity index is 1.66. The van der Waals surface area contributed by atoms with Crippen molar-refractivity contribution in [1.29, 1.82) is 0 Å². The van der Waals surface area contributed by atoms with Crippen molar-refractivity contribution < 1.29 is 9.59 Å².